The van der Waals surface area contributed by atoms with Crippen LogP contribution in [0.5, 0.6) is 5.75 Å². The van der Waals surface area contributed by atoms with Gasteiger partial charge < -0.3 is 39.5 Å². The van der Waals surface area contributed by atoms with Crippen LogP contribution < -0.4 is 10.1 Å². The second-order valence-corrected chi connectivity index (χ2v) is 17.6. The molecule has 2 aliphatic heterocycles. The van der Waals surface area contributed by atoms with Crippen LogP contribution in [0, 0.1) is 23.7 Å². The number of thiophene rings is 1. The molecule has 2 fully saturated rings. The van der Waals surface area contributed by atoms with E-state index in [9.17, 15) is 19.8 Å². The van der Waals surface area contributed by atoms with Crippen molar-refractivity contribution < 1.29 is 34.0 Å². The van der Waals surface area contributed by atoms with Gasteiger partial charge in [0.25, 0.3) is 0 Å². The number of aliphatic hydroxyl groups is 2. The summed E-state index contributed by atoms with van der Waals surface area (Å²) in [6.45, 7) is 20.2. The van der Waals surface area contributed by atoms with Crippen LogP contribution in [0.2, 0.25) is 0 Å². The Labute approximate surface area is 340 Å². The van der Waals surface area contributed by atoms with E-state index in [2.05, 4.69) is 69.6 Å². The molecule has 8 atom stereocenters. The number of amides is 2. The lowest BCUT2D eigenvalue weighted by atomic mass is 9.88. The maximum Gasteiger partial charge on any atom is 0.228 e. The number of fused-ring (bicyclic) bond motifs is 1. The number of carbonyl (C=O) groups excluding carboxylic acids is 2. The van der Waals surface area contributed by atoms with Gasteiger partial charge in [0.05, 0.1) is 18.8 Å². The van der Waals surface area contributed by atoms with Crippen molar-refractivity contribution in [2.45, 2.75) is 163 Å². The molecule has 314 valence electrons. The van der Waals surface area contributed by atoms with E-state index in [0.717, 1.165) is 71.9 Å². The minimum absolute atomic E-state index is 0.0356. The Kier molecular flexibility index (Phi) is 18.0. The number of aliphatic hydroxyl groups excluding tert-OH is 2. The van der Waals surface area contributed by atoms with Crippen molar-refractivity contribution in [3.05, 3.63) is 53.3 Å². The molecule has 10 nitrogen and oxygen atoms in total. The molecule has 3 N–H and O–H groups in total. The Morgan fingerprint density at radius 2 is 1.82 bits per heavy atom. The molecule has 0 aliphatic carbocycles. The Morgan fingerprint density at radius 3 is 2.50 bits per heavy atom. The first-order valence-electron chi connectivity index (χ1n) is 21.3. The monoisotopic (exact) mass is 798 g/mol. The number of hydrogen-bond acceptors (Lipinski definition) is 9. The molecule has 2 aromatic rings. The minimum Gasteiger partial charge on any atom is -0.475 e. The maximum absolute atomic E-state index is 13.0. The van der Waals surface area contributed by atoms with Crippen molar-refractivity contribution >= 4 is 33.2 Å². The number of benzene rings is 1. The summed E-state index contributed by atoms with van der Waals surface area (Å²) < 4.78 is 19.7. The van der Waals surface area contributed by atoms with E-state index >= 15 is 0 Å². The van der Waals surface area contributed by atoms with Crippen molar-refractivity contribution in [3.63, 3.8) is 0 Å². The lowest BCUT2D eigenvalue weighted by Crippen LogP contribution is -2.44. The molecular weight excluding hydrogens is 727 g/mol. The summed E-state index contributed by atoms with van der Waals surface area (Å²) in [5.74, 6) is 2.04. The fourth-order valence-corrected chi connectivity index (χ4v) is 8.90. The second kappa shape index (κ2) is 22.1. The van der Waals surface area contributed by atoms with Gasteiger partial charge in [0.2, 0.25) is 18.1 Å². The Balaban J connectivity index is 1.25. The molecule has 0 saturated carbocycles. The Bertz CT molecular complexity index is 1580. The van der Waals surface area contributed by atoms with Crippen LogP contribution in [0.25, 0.3) is 10.1 Å². The van der Waals surface area contributed by atoms with Gasteiger partial charge in [-0.05, 0) is 76.0 Å². The fourth-order valence-electron chi connectivity index (χ4n) is 7.79. The average molecular weight is 798 g/mol. The van der Waals surface area contributed by atoms with Crippen molar-refractivity contribution in [2.75, 3.05) is 13.6 Å². The van der Waals surface area contributed by atoms with E-state index < -0.39 is 18.6 Å². The van der Waals surface area contributed by atoms with Gasteiger partial charge in [0.1, 0.15) is 18.6 Å². The highest BCUT2D eigenvalue weighted by Crippen LogP contribution is 2.38. The van der Waals surface area contributed by atoms with Gasteiger partial charge in [-0.1, -0.05) is 78.5 Å². The van der Waals surface area contributed by atoms with Gasteiger partial charge in [-0.15, -0.1) is 11.3 Å². The summed E-state index contributed by atoms with van der Waals surface area (Å²) in [6.07, 6.45) is 11.5. The highest BCUT2D eigenvalue weighted by molar-refractivity contribution is 7.19. The third kappa shape index (κ3) is 12.4. The molecule has 0 spiro atoms. The number of nitrogens with zero attached hydrogens (tertiary/aromatic N) is 2. The number of ether oxygens (including phenoxy) is 3. The summed E-state index contributed by atoms with van der Waals surface area (Å²) in [4.78, 5) is 30.7. The number of carbonyl (C=O) groups is 2. The summed E-state index contributed by atoms with van der Waals surface area (Å²) >= 11 is 1.63. The SMILES string of the molecule is C=C(OCc1ccc(OC2CC(C)C(O)C(C)O2)c2cc(CNC(=O)CCCCCCCCN3C(=O)C(C(C=CCC)CC)CC3O)sc12)N(C)C(C)C(C)C. The molecule has 1 aromatic heterocycles. The number of unbranched alkanes of at least 4 members (excludes halogenated alkanes) is 5. The first-order chi connectivity index (χ1) is 26.7. The molecule has 3 heterocycles. The van der Waals surface area contributed by atoms with Gasteiger partial charge in [-0.3, -0.25) is 9.59 Å². The first kappa shape index (κ1) is 45.6. The molecule has 4 rings (SSSR count). The molecule has 2 amide bonds. The molecule has 0 radical (unpaired) electrons. The zero-order chi connectivity index (χ0) is 40.9. The van der Waals surface area contributed by atoms with E-state index in [0.29, 0.717) is 56.5 Å². The Hall–Kier alpha value is -3.12. The lowest BCUT2D eigenvalue weighted by Gasteiger charge is -2.36. The Morgan fingerprint density at radius 1 is 1.11 bits per heavy atom. The zero-order valence-corrected chi connectivity index (χ0v) is 36.2. The zero-order valence-electron chi connectivity index (χ0n) is 35.4. The normalized spacial score (nSPS) is 23.9. The summed E-state index contributed by atoms with van der Waals surface area (Å²) in [6, 6.07) is 6.36. The number of likely N-dealkylation sites (tertiary alicyclic amines) is 1. The topological polar surface area (TPSA) is 121 Å². The summed E-state index contributed by atoms with van der Waals surface area (Å²) in [5, 5.41) is 25.1. The number of hydrogen-bond donors (Lipinski definition) is 3. The van der Waals surface area contributed by atoms with E-state index in [4.69, 9.17) is 14.2 Å². The van der Waals surface area contributed by atoms with E-state index in [-0.39, 0.29) is 41.7 Å². The van der Waals surface area contributed by atoms with Crippen LogP contribution in [0.3, 0.4) is 0 Å². The van der Waals surface area contributed by atoms with Crippen LogP contribution in [0.1, 0.15) is 130 Å². The molecule has 0 bridgehead atoms. The summed E-state index contributed by atoms with van der Waals surface area (Å²) in [7, 11) is 2.00. The molecule has 2 saturated heterocycles. The van der Waals surface area contributed by atoms with Gasteiger partial charge in [0, 0.05) is 65.3 Å². The van der Waals surface area contributed by atoms with Gasteiger partial charge in [-0.2, -0.15) is 0 Å². The summed E-state index contributed by atoms with van der Waals surface area (Å²) in [5.41, 5.74) is 1.01. The molecule has 11 heteroatoms. The third-order valence-corrected chi connectivity index (χ3v) is 13.1. The lowest BCUT2D eigenvalue weighted by molar-refractivity contribution is -0.197. The van der Waals surface area contributed by atoms with Crippen LogP contribution in [0.4, 0.5) is 0 Å². The highest BCUT2D eigenvalue weighted by Gasteiger charge is 2.41. The van der Waals surface area contributed by atoms with Crippen LogP contribution in [-0.2, 0) is 32.2 Å². The fraction of sp³-hybridized carbons (Fsp3) is 0.689. The van der Waals surface area contributed by atoms with Gasteiger partial charge >= 0.3 is 0 Å². The standard InChI is InChI=1S/C45H71N3O7S/c1-10-12-19-34(11-2)37-26-41(50)48(45(37)52)23-18-16-14-13-15-17-20-40(49)46-27-36-25-38-39(55-42-24-30(5)43(51)32(7)54-42)22-21-35(44(38)56-36)28-53-33(8)47(9)31(6)29(3)4/h12,19,21-22,25,29-32,34,37,41-43,50-51H,8,10-11,13-18,20,23-24,26-28H2,1-7,9H3,(H,46,49). The largest absolute Gasteiger partial charge is 0.475 e. The quantitative estimate of drug-likeness (QED) is 0.0580. The highest BCUT2D eigenvalue weighted by atomic mass is 32.1. The van der Waals surface area contributed by atoms with Crippen molar-refractivity contribution in [2.24, 2.45) is 23.7 Å². The third-order valence-electron chi connectivity index (χ3n) is 11.9. The first-order valence-corrected chi connectivity index (χ1v) is 22.1. The molecule has 1 aromatic carbocycles. The van der Waals surface area contributed by atoms with E-state index in [1.807, 2.05) is 33.0 Å². The second-order valence-electron chi connectivity index (χ2n) is 16.5. The molecule has 56 heavy (non-hydrogen) atoms. The molecule has 2 aliphatic rings. The minimum atomic E-state index is -0.676. The van der Waals surface area contributed by atoms with Gasteiger partial charge in [0.15, 0.2) is 5.88 Å². The van der Waals surface area contributed by atoms with E-state index in [1.54, 1.807) is 16.2 Å². The van der Waals surface area contributed by atoms with Gasteiger partial charge in [-0.25, -0.2) is 0 Å². The number of allylic oxidation sites excluding steroid dienone is 2. The van der Waals surface area contributed by atoms with Crippen LogP contribution in [-0.4, -0.2) is 76.2 Å². The van der Waals surface area contributed by atoms with Crippen molar-refractivity contribution in [1.82, 2.24) is 15.1 Å². The van der Waals surface area contributed by atoms with Crippen molar-refractivity contribution in [3.8, 4) is 5.75 Å². The average Bonchev–Trinajstić information content (AvgIpc) is 3.73. The predicted octanol–water partition coefficient (Wildman–Crippen LogP) is 8.88. The van der Waals surface area contributed by atoms with Crippen LogP contribution >= 0.6 is 11.3 Å². The maximum atomic E-state index is 13.0. The number of rotatable bonds is 23. The van der Waals surface area contributed by atoms with Crippen LogP contribution in [0.15, 0.2) is 42.8 Å². The number of nitrogens with one attached hydrogen (secondary N) is 1. The molecule has 8 unspecified atom stereocenters. The van der Waals surface area contributed by atoms with Crippen molar-refractivity contribution in [1.29, 1.82) is 0 Å². The molecular formula is C45H71N3O7S. The smallest absolute Gasteiger partial charge is 0.228 e. The van der Waals surface area contributed by atoms with E-state index in [1.165, 1.54) is 0 Å². The predicted molar refractivity (Wildman–Crippen MR) is 226 cm³/mol.